The van der Waals surface area contributed by atoms with Gasteiger partial charge >= 0.3 is 5.97 Å². The Hall–Kier alpha value is -2.72. The monoisotopic (exact) mass is 555 g/mol. The molecule has 0 spiro atoms. The van der Waals surface area contributed by atoms with Crippen LogP contribution >= 0.6 is 24.8 Å². The molecule has 204 valence electrons. The number of ether oxygens (including phenoxy) is 1. The van der Waals surface area contributed by atoms with Crippen molar-refractivity contribution in [3.05, 3.63) is 81.4 Å². The molecule has 3 rings (SSSR count). The zero-order valence-corrected chi connectivity index (χ0v) is 22.6. The highest BCUT2D eigenvalue weighted by molar-refractivity contribution is 6.09. The second-order valence-corrected chi connectivity index (χ2v) is 8.66. The van der Waals surface area contributed by atoms with E-state index < -0.39 is 11.0 Å². The molecular formula is C26H35Cl2N3O6. The van der Waals surface area contributed by atoms with E-state index in [1.165, 1.54) is 0 Å². The highest BCUT2D eigenvalue weighted by Crippen LogP contribution is 2.20. The lowest BCUT2D eigenvalue weighted by Gasteiger charge is -2.34. The number of halogens is 2. The summed E-state index contributed by atoms with van der Waals surface area (Å²) in [5, 5.41) is 9.42. The predicted octanol–water partition coefficient (Wildman–Crippen LogP) is 4.01. The molecule has 0 unspecified atom stereocenters. The lowest BCUT2D eigenvalue weighted by molar-refractivity contribution is -0.757. The highest BCUT2D eigenvalue weighted by atomic mass is 35.5. The van der Waals surface area contributed by atoms with Crippen molar-refractivity contribution >= 4 is 36.6 Å². The summed E-state index contributed by atoms with van der Waals surface area (Å²) >= 11 is 0. The molecule has 0 aromatic heterocycles. The van der Waals surface area contributed by atoms with Crippen LogP contribution in [0.2, 0.25) is 0 Å². The molecule has 0 N–H and O–H groups in total. The summed E-state index contributed by atoms with van der Waals surface area (Å²) in [5.74, 6) is -0.824. The summed E-state index contributed by atoms with van der Waals surface area (Å²) in [6.07, 6.45) is 1.39. The molecule has 2 aromatic carbocycles. The Balaban J connectivity index is 0.00000342. The molecule has 1 aliphatic heterocycles. The summed E-state index contributed by atoms with van der Waals surface area (Å²) in [7, 11) is 0. The van der Waals surface area contributed by atoms with Crippen LogP contribution in [0.15, 0.2) is 54.6 Å². The summed E-state index contributed by atoms with van der Waals surface area (Å²) in [6.45, 7) is 7.57. The van der Waals surface area contributed by atoms with E-state index in [2.05, 4.69) is 14.6 Å². The van der Waals surface area contributed by atoms with Gasteiger partial charge in [0.1, 0.15) is 0 Å². The third kappa shape index (κ3) is 10.7. The average Bonchev–Trinajstić information content (AvgIpc) is 2.89. The standard InChI is InChI=1S/C26H33N3O6.2ClH/c1-21(23-10-5-11-24(20-23)25(30)22-8-3-2-4-9-22)26(31)34-18-6-12-27-14-16-28(17-15-27)13-7-19-35-29(32)33;;/h2-5,8-11,20-21H,6-7,12-19H2,1H3;2*1H/t21-;;/m0../s1. The van der Waals surface area contributed by atoms with Crippen LogP contribution in [-0.4, -0.2) is 79.1 Å². The summed E-state index contributed by atoms with van der Waals surface area (Å²) in [5.41, 5.74) is 1.93. The van der Waals surface area contributed by atoms with E-state index in [-0.39, 0.29) is 43.2 Å². The molecule has 0 saturated carbocycles. The first-order valence-corrected chi connectivity index (χ1v) is 12.0. The van der Waals surface area contributed by atoms with Gasteiger partial charge in [0.2, 0.25) is 0 Å². The van der Waals surface area contributed by atoms with Gasteiger partial charge in [-0.1, -0.05) is 48.5 Å². The topological polar surface area (TPSA) is 102 Å². The minimum atomic E-state index is -0.754. The van der Waals surface area contributed by atoms with E-state index in [0.717, 1.165) is 51.3 Å². The van der Waals surface area contributed by atoms with E-state index in [9.17, 15) is 19.7 Å². The summed E-state index contributed by atoms with van der Waals surface area (Å²) in [6, 6.07) is 16.3. The maximum atomic E-state index is 12.7. The van der Waals surface area contributed by atoms with Gasteiger partial charge in [-0.15, -0.1) is 34.9 Å². The number of hydrogen-bond acceptors (Lipinski definition) is 8. The van der Waals surface area contributed by atoms with Gasteiger partial charge in [0.25, 0.3) is 5.09 Å². The quantitative estimate of drug-likeness (QED) is 0.120. The van der Waals surface area contributed by atoms with Crippen molar-refractivity contribution in [3.63, 3.8) is 0 Å². The Morgan fingerprint density at radius 2 is 1.46 bits per heavy atom. The van der Waals surface area contributed by atoms with Crippen LogP contribution in [0.25, 0.3) is 0 Å². The smallest absolute Gasteiger partial charge is 0.313 e. The normalized spacial score (nSPS) is 14.5. The molecule has 9 nitrogen and oxygen atoms in total. The number of rotatable bonds is 13. The van der Waals surface area contributed by atoms with Crippen molar-refractivity contribution in [1.29, 1.82) is 0 Å². The van der Waals surface area contributed by atoms with E-state index in [4.69, 9.17) is 4.74 Å². The predicted molar refractivity (Wildman–Crippen MR) is 145 cm³/mol. The number of ketones is 1. The Labute approximate surface area is 230 Å². The number of esters is 1. The fourth-order valence-corrected chi connectivity index (χ4v) is 4.09. The van der Waals surface area contributed by atoms with Crippen LogP contribution in [0, 0.1) is 10.1 Å². The first-order valence-electron chi connectivity index (χ1n) is 12.0. The molecule has 1 fully saturated rings. The maximum absolute atomic E-state index is 12.7. The SMILES string of the molecule is C[C@H](C(=O)OCCCN1CCN(CCCO[N+](=O)[O-])CC1)c1cccc(C(=O)c2ccccc2)c1.Cl.Cl. The first kappa shape index (κ1) is 32.3. The largest absolute Gasteiger partial charge is 0.465 e. The van der Waals surface area contributed by atoms with E-state index in [0.29, 0.717) is 24.2 Å². The molecule has 1 atom stereocenters. The molecule has 1 saturated heterocycles. The van der Waals surface area contributed by atoms with E-state index in [1.54, 1.807) is 37.3 Å². The first-order chi connectivity index (χ1) is 16.9. The zero-order valence-electron chi connectivity index (χ0n) is 21.0. The fourth-order valence-electron chi connectivity index (χ4n) is 4.09. The van der Waals surface area contributed by atoms with Gasteiger partial charge in [-0.05, 0) is 31.4 Å². The zero-order chi connectivity index (χ0) is 25.0. The summed E-state index contributed by atoms with van der Waals surface area (Å²) in [4.78, 5) is 44.4. The van der Waals surface area contributed by atoms with Crippen molar-refractivity contribution in [2.75, 3.05) is 52.5 Å². The number of nitrogens with zero attached hydrogens (tertiary/aromatic N) is 3. The fraction of sp³-hybridized carbons (Fsp3) is 0.462. The van der Waals surface area contributed by atoms with Gasteiger partial charge in [0.05, 0.1) is 19.1 Å². The van der Waals surface area contributed by atoms with Crippen molar-refractivity contribution in [1.82, 2.24) is 9.80 Å². The van der Waals surface area contributed by atoms with Crippen LogP contribution in [0.4, 0.5) is 0 Å². The van der Waals surface area contributed by atoms with Crippen molar-refractivity contribution in [2.24, 2.45) is 0 Å². The average molecular weight is 556 g/mol. The molecule has 37 heavy (non-hydrogen) atoms. The molecule has 11 heteroatoms. The number of carbonyl (C=O) groups excluding carboxylic acids is 2. The Morgan fingerprint density at radius 1 is 0.892 bits per heavy atom. The van der Waals surface area contributed by atoms with Gasteiger partial charge in [0.15, 0.2) is 5.78 Å². The number of hydrogen-bond donors (Lipinski definition) is 0. The molecule has 0 aliphatic carbocycles. The minimum Gasteiger partial charge on any atom is -0.465 e. The third-order valence-electron chi connectivity index (χ3n) is 6.18. The van der Waals surface area contributed by atoms with Crippen LogP contribution in [0.1, 0.15) is 47.2 Å². The van der Waals surface area contributed by atoms with Crippen molar-refractivity contribution in [3.8, 4) is 0 Å². The van der Waals surface area contributed by atoms with Gasteiger partial charge < -0.3 is 19.4 Å². The van der Waals surface area contributed by atoms with Gasteiger partial charge in [-0.2, -0.15) is 0 Å². The lowest BCUT2D eigenvalue weighted by atomic mass is 9.96. The number of carbonyl (C=O) groups is 2. The maximum Gasteiger partial charge on any atom is 0.313 e. The number of benzene rings is 2. The third-order valence-corrected chi connectivity index (χ3v) is 6.18. The van der Waals surface area contributed by atoms with Gasteiger partial charge in [0, 0.05) is 50.4 Å². The van der Waals surface area contributed by atoms with Gasteiger partial charge in [-0.3, -0.25) is 9.59 Å². The molecular weight excluding hydrogens is 521 g/mol. The lowest BCUT2D eigenvalue weighted by Crippen LogP contribution is -2.47. The molecule has 1 aliphatic rings. The van der Waals surface area contributed by atoms with E-state index in [1.807, 2.05) is 24.3 Å². The summed E-state index contributed by atoms with van der Waals surface area (Å²) < 4.78 is 5.51. The van der Waals surface area contributed by atoms with Crippen molar-refractivity contribution in [2.45, 2.75) is 25.7 Å². The molecule has 0 radical (unpaired) electrons. The second kappa shape index (κ2) is 16.9. The second-order valence-electron chi connectivity index (χ2n) is 8.66. The Kier molecular flexibility index (Phi) is 14.8. The number of piperazine rings is 1. The Morgan fingerprint density at radius 3 is 2.05 bits per heavy atom. The molecule has 2 aromatic rings. The van der Waals surface area contributed by atoms with E-state index >= 15 is 0 Å². The molecule has 0 amide bonds. The van der Waals surface area contributed by atoms with Gasteiger partial charge in [-0.25, -0.2) is 0 Å². The Bertz CT molecular complexity index is 987. The van der Waals surface area contributed by atoms with Crippen LogP contribution in [0.3, 0.4) is 0 Å². The molecule has 0 bridgehead atoms. The van der Waals surface area contributed by atoms with Crippen molar-refractivity contribution < 1.29 is 24.3 Å². The molecule has 1 heterocycles. The minimum absolute atomic E-state index is 0. The van der Waals surface area contributed by atoms with Crippen LogP contribution in [-0.2, 0) is 14.4 Å². The highest BCUT2D eigenvalue weighted by Gasteiger charge is 2.20. The van der Waals surface area contributed by atoms with Crippen LogP contribution < -0.4 is 0 Å². The van der Waals surface area contributed by atoms with Crippen LogP contribution in [0.5, 0.6) is 0 Å².